The topological polar surface area (TPSA) is 86.7 Å². The molecule has 0 fully saturated rings. The molecule has 0 radical (unpaired) electrons. The summed E-state index contributed by atoms with van der Waals surface area (Å²) in [6.45, 7) is -0.116. The first-order chi connectivity index (χ1) is 12.9. The van der Waals surface area contributed by atoms with E-state index in [-0.39, 0.29) is 12.5 Å². The average Bonchev–Trinajstić information content (AvgIpc) is 2.65. The maximum atomic E-state index is 13.0. The van der Waals surface area contributed by atoms with Crippen LogP contribution in [0.1, 0.15) is 33.8 Å². The fraction of sp³-hybridized carbons (Fsp3) is 0.250. The third kappa shape index (κ3) is 3.97. The number of hydrogen-bond acceptors (Lipinski definition) is 3. The molecule has 1 aliphatic heterocycles. The first-order valence-corrected chi connectivity index (χ1v) is 8.53. The largest absolute Gasteiger partial charge is 0.481 e. The van der Waals surface area contributed by atoms with Gasteiger partial charge in [0, 0.05) is 31.3 Å². The zero-order chi connectivity index (χ0) is 19.6. The molecular formula is C20H19FN2O4. The van der Waals surface area contributed by atoms with Crippen molar-refractivity contribution in [3.05, 3.63) is 65.0 Å². The van der Waals surface area contributed by atoms with E-state index >= 15 is 0 Å². The van der Waals surface area contributed by atoms with Crippen molar-refractivity contribution in [3.63, 3.8) is 0 Å². The van der Waals surface area contributed by atoms with Crippen LogP contribution >= 0.6 is 0 Å². The lowest BCUT2D eigenvalue weighted by atomic mass is 9.98. The second-order valence-corrected chi connectivity index (χ2v) is 6.45. The number of aryl methyl sites for hydroxylation is 1. The van der Waals surface area contributed by atoms with Crippen molar-refractivity contribution in [1.29, 1.82) is 0 Å². The minimum absolute atomic E-state index is 0.0308. The van der Waals surface area contributed by atoms with Crippen LogP contribution in [0, 0.1) is 5.82 Å². The Balaban J connectivity index is 1.72. The number of nitrogens with one attached hydrogen (secondary N) is 1. The number of benzene rings is 2. The third-order valence-corrected chi connectivity index (χ3v) is 4.72. The van der Waals surface area contributed by atoms with E-state index in [2.05, 4.69) is 5.32 Å². The lowest BCUT2D eigenvalue weighted by Crippen LogP contribution is -2.33. The maximum absolute atomic E-state index is 13.0. The van der Waals surface area contributed by atoms with Gasteiger partial charge in [-0.1, -0.05) is 12.1 Å². The highest BCUT2D eigenvalue weighted by molar-refractivity contribution is 5.99. The fourth-order valence-electron chi connectivity index (χ4n) is 3.14. The number of hydrogen-bond donors (Lipinski definition) is 2. The van der Waals surface area contributed by atoms with Crippen LogP contribution in [0.25, 0.3) is 0 Å². The molecule has 0 saturated carbocycles. The van der Waals surface area contributed by atoms with E-state index in [4.69, 9.17) is 0 Å². The van der Waals surface area contributed by atoms with Gasteiger partial charge in [-0.2, -0.15) is 0 Å². The summed E-state index contributed by atoms with van der Waals surface area (Å²) >= 11 is 0. The fourth-order valence-corrected chi connectivity index (χ4v) is 3.14. The van der Waals surface area contributed by atoms with Crippen LogP contribution in [-0.4, -0.2) is 36.5 Å². The van der Waals surface area contributed by atoms with Crippen LogP contribution in [0.2, 0.25) is 0 Å². The van der Waals surface area contributed by atoms with Crippen molar-refractivity contribution in [2.24, 2.45) is 0 Å². The number of nitrogens with zero attached hydrogens (tertiary/aromatic N) is 1. The summed E-state index contributed by atoms with van der Waals surface area (Å²) in [5, 5.41) is 12.0. The molecule has 3 rings (SSSR count). The van der Waals surface area contributed by atoms with Crippen molar-refractivity contribution in [1.82, 2.24) is 5.32 Å². The number of carbonyl (C=O) groups excluding carboxylic acids is 2. The summed E-state index contributed by atoms with van der Waals surface area (Å²) < 4.78 is 13.0. The van der Waals surface area contributed by atoms with E-state index in [1.165, 1.54) is 24.3 Å². The Morgan fingerprint density at radius 2 is 1.89 bits per heavy atom. The molecule has 1 heterocycles. The Kier molecular flexibility index (Phi) is 5.21. The normalized spacial score (nSPS) is 14.4. The van der Waals surface area contributed by atoms with Gasteiger partial charge in [-0.15, -0.1) is 0 Å². The number of carboxylic acid groups (broad SMARTS) is 1. The molecule has 0 aromatic heterocycles. The van der Waals surface area contributed by atoms with Gasteiger partial charge in [-0.25, -0.2) is 4.39 Å². The number of fused-ring (bicyclic) bond motifs is 1. The smallest absolute Gasteiger partial charge is 0.312 e. The molecule has 2 aromatic rings. The van der Waals surface area contributed by atoms with Crippen molar-refractivity contribution >= 4 is 23.5 Å². The number of aliphatic carboxylic acids is 1. The molecule has 7 heteroatoms. The maximum Gasteiger partial charge on any atom is 0.312 e. The van der Waals surface area contributed by atoms with Crippen LogP contribution in [0.15, 0.2) is 42.5 Å². The standard InChI is InChI=1S/C20H19FN2O4/c1-23-17-8-4-14(10-13(17)5-9-18(23)24)19(25)22-11-16(20(26)27)12-2-6-15(21)7-3-12/h2-4,6-8,10,16H,5,9,11H2,1H3,(H,22,25)(H,26,27)/t16-/m0/s1. The number of amides is 2. The second-order valence-electron chi connectivity index (χ2n) is 6.45. The van der Waals surface area contributed by atoms with Gasteiger partial charge in [0.05, 0.1) is 5.92 Å². The van der Waals surface area contributed by atoms with Crippen LogP contribution in [0.3, 0.4) is 0 Å². The van der Waals surface area contributed by atoms with Crippen molar-refractivity contribution in [3.8, 4) is 0 Å². The van der Waals surface area contributed by atoms with Crippen LogP contribution in [0.4, 0.5) is 10.1 Å². The summed E-state index contributed by atoms with van der Waals surface area (Å²) in [6.07, 6.45) is 0.952. The van der Waals surface area contributed by atoms with Crippen LogP contribution in [-0.2, 0) is 16.0 Å². The summed E-state index contributed by atoms with van der Waals surface area (Å²) in [4.78, 5) is 37.3. The van der Waals surface area contributed by atoms with Crippen LogP contribution in [0.5, 0.6) is 0 Å². The van der Waals surface area contributed by atoms with Crippen LogP contribution < -0.4 is 10.2 Å². The predicted molar refractivity (Wildman–Crippen MR) is 97.3 cm³/mol. The SMILES string of the molecule is CN1C(=O)CCc2cc(C(=O)NC[C@H](C(=O)O)c3ccc(F)cc3)ccc21. The van der Waals surface area contributed by atoms with Gasteiger partial charge >= 0.3 is 5.97 Å². The molecule has 27 heavy (non-hydrogen) atoms. The molecule has 0 spiro atoms. The molecule has 0 aliphatic carbocycles. The van der Waals surface area contributed by atoms with Gasteiger partial charge in [-0.3, -0.25) is 14.4 Å². The van der Waals surface area contributed by atoms with E-state index in [0.717, 1.165) is 11.3 Å². The highest BCUT2D eigenvalue weighted by atomic mass is 19.1. The first kappa shape index (κ1) is 18.6. The van der Waals surface area contributed by atoms with E-state index in [0.29, 0.717) is 24.0 Å². The number of halogens is 1. The zero-order valence-corrected chi connectivity index (χ0v) is 14.7. The summed E-state index contributed by atoms with van der Waals surface area (Å²) in [6, 6.07) is 10.2. The first-order valence-electron chi connectivity index (χ1n) is 8.53. The minimum Gasteiger partial charge on any atom is -0.481 e. The lowest BCUT2D eigenvalue weighted by Gasteiger charge is -2.26. The Hall–Kier alpha value is -3.22. The van der Waals surface area contributed by atoms with Gasteiger partial charge in [0.1, 0.15) is 5.82 Å². The van der Waals surface area contributed by atoms with Crippen molar-refractivity contribution in [2.75, 3.05) is 18.5 Å². The Bertz CT molecular complexity index is 895. The average molecular weight is 370 g/mol. The Morgan fingerprint density at radius 3 is 2.56 bits per heavy atom. The second kappa shape index (κ2) is 7.57. The van der Waals surface area contributed by atoms with E-state index in [1.807, 2.05) is 0 Å². The van der Waals surface area contributed by atoms with Gasteiger partial charge in [-0.05, 0) is 47.9 Å². The van der Waals surface area contributed by atoms with E-state index in [1.54, 1.807) is 30.1 Å². The number of carbonyl (C=O) groups is 3. The summed E-state index contributed by atoms with van der Waals surface area (Å²) in [5.74, 6) is -2.90. The van der Waals surface area contributed by atoms with Gasteiger partial charge < -0.3 is 15.3 Å². The molecule has 0 bridgehead atoms. The quantitative estimate of drug-likeness (QED) is 0.846. The van der Waals surface area contributed by atoms with Crippen molar-refractivity contribution in [2.45, 2.75) is 18.8 Å². The molecule has 0 unspecified atom stereocenters. The molecule has 6 nitrogen and oxygen atoms in total. The molecule has 2 N–H and O–H groups in total. The highest BCUT2D eigenvalue weighted by Gasteiger charge is 2.23. The molecule has 1 aliphatic rings. The molecule has 2 amide bonds. The Morgan fingerprint density at radius 1 is 1.19 bits per heavy atom. The minimum atomic E-state index is -1.10. The Labute approximate surface area is 155 Å². The predicted octanol–water partition coefficient (Wildman–Crippen LogP) is 2.33. The highest BCUT2D eigenvalue weighted by Crippen LogP contribution is 2.27. The number of anilines is 1. The monoisotopic (exact) mass is 370 g/mol. The molecule has 140 valence electrons. The van der Waals surface area contributed by atoms with E-state index in [9.17, 15) is 23.9 Å². The third-order valence-electron chi connectivity index (χ3n) is 4.72. The summed E-state index contributed by atoms with van der Waals surface area (Å²) in [5.41, 5.74) is 2.49. The number of rotatable bonds is 5. The van der Waals surface area contributed by atoms with Gasteiger partial charge in [0.25, 0.3) is 5.91 Å². The van der Waals surface area contributed by atoms with Gasteiger partial charge in [0.15, 0.2) is 0 Å². The summed E-state index contributed by atoms with van der Waals surface area (Å²) in [7, 11) is 1.69. The lowest BCUT2D eigenvalue weighted by molar-refractivity contribution is -0.138. The molecule has 0 saturated heterocycles. The molecule has 2 aromatic carbocycles. The van der Waals surface area contributed by atoms with Gasteiger partial charge in [0.2, 0.25) is 5.91 Å². The zero-order valence-electron chi connectivity index (χ0n) is 14.7. The number of carboxylic acids is 1. The van der Waals surface area contributed by atoms with Crippen molar-refractivity contribution < 1.29 is 23.9 Å². The molecular weight excluding hydrogens is 351 g/mol. The van der Waals surface area contributed by atoms with E-state index < -0.39 is 23.6 Å². The molecule has 1 atom stereocenters.